The van der Waals surface area contributed by atoms with Crippen LogP contribution in [-0.2, 0) is 0 Å². The van der Waals surface area contributed by atoms with Crippen molar-refractivity contribution in [3.8, 4) is 11.3 Å². The molecule has 0 aliphatic heterocycles. The highest BCUT2D eigenvalue weighted by molar-refractivity contribution is 7.08. The van der Waals surface area contributed by atoms with Crippen LogP contribution in [0.3, 0.4) is 0 Å². The van der Waals surface area contributed by atoms with E-state index in [0.29, 0.717) is 15.6 Å². The highest BCUT2D eigenvalue weighted by Crippen LogP contribution is 2.24. The number of benzene rings is 2. The number of halogens is 1. The third-order valence-electron chi connectivity index (χ3n) is 3.46. The van der Waals surface area contributed by atoms with Gasteiger partial charge < -0.3 is 5.32 Å². The van der Waals surface area contributed by atoms with Gasteiger partial charge in [0.2, 0.25) is 0 Å². The number of nitrogens with one attached hydrogen (secondary N) is 1. The molecule has 1 atom stereocenters. The van der Waals surface area contributed by atoms with Crippen molar-refractivity contribution in [1.29, 1.82) is 0 Å². The number of carbonyl (C=O) groups excluding carboxylic acids is 1. The molecule has 0 saturated carbocycles. The topological polar surface area (TPSA) is 54.9 Å². The molecular formula is C17H14ClN3OS. The fourth-order valence-electron chi connectivity index (χ4n) is 2.22. The van der Waals surface area contributed by atoms with Crippen LogP contribution in [0.4, 0.5) is 0 Å². The fraction of sp³-hybridized carbons (Fsp3) is 0.118. The van der Waals surface area contributed by atoms with Crippen LogP contribution in [0.5, 0.6) is 0 Å². The summed E-state index contributed by atoms with van der Waals surface area (Å²) in [5, 5.41) is 7.74. The maximum atomic E-state index is 12.5. The highest BCUT2D eigenvalue weighted by atomic mass is 35.5. The number of rotatable bonds is 4. The lowest BCUT2D eigenvalue weighted by Crippen LogP contribution is -2.26. The Hall–Kier alpha value is -2.24. The number of nitrogens with zero attached hydrogens (tertiary/aromatic N) is 2. The molecule has 1 amide bonds. The zero-order chi connectivity index (χ0) is 16.2. The van der Waals surface area contributed by atoms with E-state index in [1.807, 2.05) is 61.5 Å². The standard InChI is InChI=1S/C17H14ClN3OS/c1-11(12-7-9-14(18)10-8-12)19-17(22)16-15(20-21-23-16)13-5-3-2-4-6-13/h2-11H,1H3,(H,19,22)/t11-/m1/s1. The molecule has 3 rings (SSSR count). The van der Waals surface area contributed by atoms with Crippen molar-refractivity contribution in [3.63, 3.8) is 0 Å². The minimum absolute atomic E-state index is 0.134. The summed E-state index contributed by atoms with van der Waals surface area (Å²) in [4.78, 5) is 13.1. The minimum Gasteiger partial charge on any atom is -0.345 e. The maximum absolute atomic E-state index is 12.5. The van der Waals surface area contributed by atoms with Gasteiger partial charge in [0.25, 0.3) is 5.91 Å². The Morgan fingerprint density at radius 1 is 1.13 bits per heavy atom. The van der Waals surface area contributed by atoms with Crippen LogP contribution in [0.1, 0.15) is 28.2 Å². The van der Waals surface area contributed by atoms with Gasteiger partial charge in [-0.1, -0.05) is 58.6 Å². The summed E-state index contributed by atoms with van der Waals surface area (Å²) in [6.07, 6.45) is 0. The van der Waals surface area contributed by atoms with Crippen LogP contribution >= 0.6 is 23.1 Å². The van der Waals surface area contributed by atoms with Gasteiger partial charge in [-0.25, -0.2) is 0 Å². The first-order valence-corrected chi connectivity index (χ1v) is 8.24. The molecule has 0 unspecified atom stereocenters. The summed E-state index contributed by atoms with van der Waals surface area (Å²) in [5.74, 6) is -0.179. The number of aromatic nitrogens is 2. The van der Waals surface area contributed by atoms with Gasteiger partial charge in [-0.3, -0.25) is 4.79 Å². The molecule has 0 bridgehead atoms. The lowest BCUT2D eigenvalue weighted by Gasteiger charge is -2.14. The summed E-state index contributed by atoms with van der Waals surface area (Å²) in [6, 6.07) is 16.8. The number of hydrogen-bond acceptors (Lipinski definition) is 4. The Morgan fingerprint density at radius 3 is 2.52 bits per heavy atom. The normalized spacial score (nSPS) is 11.9. The van der Waals surface area contributed by atoms with Gasteiger partial charge in [0.05, 0.1) is 6.04 Å². The number of amides is 1. The molecule has 0 fully saturated rings. The molecule has 6 heteroatoms. The first-order valence-electron chi connectivity index (χ1n) is 7.09. The Morgan fingerprint density at radius 2 is 1.83 bits per heavy atom. The summed E-state index contributed by atoms with van der Waals surface area (Å²) in [5.41, 5.74) is 2.48. The number of carbonyl (C=O) groups is 1. The molecule has 1 N–H and O–H groups in total. The minimum atomic E-state index is -0.179. The smallest absolute Gasteiger partial charge is 0.265 e. The zero-order valence-electron chi connectivity index (χ0n) is 12.4. The van der Waals surface area contributed by atoms with Crippen molar-refractivity contribution in [2.75, 3.05) is 0 Å². The van der Waals surface area contributed by atoms with Gasteiger partial charge in [-0.2, -0.15) is 0 Å². The summed E-state index contributed by atoms with van der Waals surface area (Å²) in [6.45, 7) is 1.93. The molecule has 0 aliphatic rings. The van der Waals surface area contributed by atoms with Gasteiger partial charge in [-0.15, -0.1) is 5.10 Å². The van der Waals surface area contributed by atoms with Crippen LogP contribution < -0.4 is 5.32 Å². The van der Waals surface area contributed by atoms with E-state index in [0.717, 1.165) is 22.7 Å². The summed E-state index contributed by atoms with van der Waals surface area (Å²) in [7, 11) is 0. The van der Waals surface area contributed by atoms with Crippen molar-refractivity contribution in [2.24, 2.45) is 0 Å². The highest BCUT2D eigenvalue weighted by Gasteiger charge is 2.19. The molecule has 0 saturated heterocycles. The van der Waals surface area contributed by atoms with E-state index in [1.165, 1.54) is 0 Å². The molecule has 116 valence electrons. The van der Waals surface area contributed by atoms with E-state index in [4.69, 9.17) is 11.6 Å². The van der Waals surface area contributed by atoms with Crippen molar-refractivity contribution >= 4 is 29.0 Å². The predicted octanol–water partition coefficient (Wildman–Crippen LogP) is 4.35. The van der Waals surface area contributed by atoms with Gasteiger partial charge in [0, 0.05) is 10.6 Å². The predicted molar refractivity (Wildman–Crippen MR) is 92.7 cm³/mol. The second-order valence-corrected chi connectivity index (χ2v) is 6.25. The van der Waals surface area contributed by atoms with Gasteiger partial charge in [0.1, 0.15) is 10.6 Å². The molecule has 3 aromatic rings. The van der Waals surface area contributed by atoms with Crippen molar-refractivity contribution in [3.05, 3.63) is 70.1 Å². The van der Waals surface area contributed by atoms with Gasteiger partial charge >= 0.3 is 0 Å². The lowest BCUT2D eigenvalue weighted by atomic mass is 10.1. The van der Waals surface area contributed by atoms with E-state index in [-0.39, 0.29) is 11.9 Å². The van der Waals surface area contributed by atoms with E-state index < -0.39 is 0 Å². The van der Waals surface area contributed by atoms with Crippen molar-refractivity contribution < 1.29 is 4.79 Å². The van der Waals surface area contributed by atoms with Gasteiger partial charge in [-0.05, 0) is 36.2 Å². The van der Waals surface area contributed by atoms with Crippen molar-refractivity contribution in [2.45, 2.75) is 13.0 Å². The average molecular weight is 344 g/mol. The molecule has 1 aromatic heterocycles. The molecular weight excluding hydrogens is 330 g/mol. The van der Waals surface area contributed by atoms with Gasteiger partial charge in [0.15, 0.2) is 0 Å². The molecule has 2 aromatic carbocycles. The Labute approximate surface area is 143 Å². The first-order chi connectivity index (χ1) is 11.1. The van der Waals surface area contributed by atoms with E-state index in [9.17, 15) is 4.79 Å². The fourth-order valence-corrected chi connectivity index (χ4v) is 2.94. The summed E-state index contributed by atoms with van der Waals surface area (Å²) < 4.78 is 3.92. The van der Waals surface area contributed by atoms with Crippen LogP contribution in [-0.4, -0.2) is 15.5 Å². The van der Waals surface area contributed by atoms with Crippen LogP contribution in [0, 0.1) is 0 Å². The van der Waals surface area contributed by atoms with E-state index in [2.05, 4.69) is 14.9 Å². The average Bonchev–Trinajstić information content (AvgIpc) is 3.06. The van der Waals surface area contributed by atoms with Crippen LogP contribution in [0.2, 0.25) is 5.02 Å². The second kappa shape index (κ2) is 6.89. The molecule has 0 spiro atoms. The Bertz CT molecular complexity index is 802. The zero-order valence-corrected chi connectivity index (χ0v) is 13.9. The molecule has 1 heterocycles. The lowest BCUT2D eigenvalue weighted by molar-refractivity contribution is 0.0944. The first kappa shape index (κ1) is 15.6. The van der Waals surface area contributed by atoms with E-state index in [1.54, 1.807) is 0 Å². The largest absolute Gasteiger partial charge is 0.345 e. The number of hydrogen-bond donors (Lipinski definition) is 1. The van der Waals surface area contributed by atoms with Crippen LogP contribution in [0.15, 0.2) is 54.6 Å². The molecule has 23 heavy (non-hydrogen) atoms. The Kier molecular flexibility index (Phi) is 4.69. The molecule has 0 radical (unpaired) electrons. The third-order valence-corrected chi connectivity index (χ3v) is 4.44. The molecule has 0 aliphatic carbocycles. The maximum Gasteiger partial charge on any atom is 0.265 e. The van der Waals surface area contributed by atoms with E-state index >= 15 is 0 Å². The Balaban J connectivity index is 1.79. The quantitative estimate of drug-likeness (QED) is 0.766. The van der Waals surface area contributed by atoms with Crippen LogP contribution in [0.25, 0.3) is 11.3 Å². The SMILES string of the molecule is C[C@@H](NC(=O)c1snnc1-c1ccccc1)c1ccc(Cl)cc1. The van der Waals surface area contributed by atoms with Crippen molar-refractivity contribution in [1.82, 2.24) is 14.9 Å². The second-order valence-electron chi connectivity index (χ2n) is 5.06. The summed E-state index contributed by atoms with van der Waals surface area (Å²) >= 11 is 6.99. The third kappa shape index (κ3) is 3.57. The monoisotopic (exact) mass is 343 g/mol. The molecule has 4 nitrogen and oxygen atoms in total.